The fourth-order valence-electron chi connectivity index (χ4n) is 2.15. The molecule has 0 unspecified atom stereocenters. The Morgan fingerprint density at radius 1 is 1.25 bits per heavy atom. The molecule has 24 heavy (non-hydrogen) atoms. The number of methoxy groups -OCH3 is 1. The minimum Gasteiger partial charge on any atom is -0.491 e. The van der Waals surface area contributed by atoms with Crippen molar-refractivity contribution in [2.45, 2.75) is 18.9 Å². The molecule has 2 aromatic rings. The van der Waals surface area contributed by atoms with Gasteiger partial charge in [-0.1, -0.05) is 18.2 Å². The zero-order valence-corrected chi connectivity index (χ0v) is 14.6. The first-order chi connectivity index (χ1) is 11.7. The van der Waals surface area contributed by atoms with Crippen molar-refractivity contribution in [2.24, 2.45) is 0 Å². The molecule has 0 bridgehead atoms. The number of ether oxygens (including phenoxy) is 2. The number of carbonyl (C=O) groups is 1. The molecule has 0 fully saturated rings. The van der Waals surface area contributed by atoms with E-state index in [2.05, 4.69) is 5.32 Å². The Morgan fingerprint density at radius 2 is 2.04 bits per heavy atom. The summed E-state index contributed by atoms with van der Waals surface area (Å²) in [4.78, 5) is 13.2. The van der Waals surface area contributed by atoms with Gasteiger partial charge in [-0.3, -0.25) is 0 Å². The topological polar surface area (TPSA) is 67.8 Å². The van der Waals surface area contributed by atoms with Crippen LogP contribution in [0.25, 0.3) is 0 Å². The van der Waals surface area contributed by atoms with Crippen LogP contribution in [0.1, 0.15) is 21.0 Å². The maximum absolute atomic E-state index is 11.4. The Morgan fingerprint density at radius 3 is 2.79 bits per heavy atom. The van der Waals surface area contributed by atoms with Gasteiger partial charge in [-0.15, -0.1) is 11.3 Å². The van der Waals surface area contributed by atoms with Crippen molar-refractivity contribution < 1.29 is 19.4 Å². The average Bonchev–Trinajstić information content (AvgIpc) is 3.09. The van der Waals surface area contributed by atoms with E-state index in [1.807, 2.05) is 36.4 Å². The largest absolute Gasteiger partial charge is 0.491 e. The Kier molecular flexibility index (Phi) is 7.74. The number of aliphatic hydroxyl groups excluding tert-OH is 1. The maximum Gasteiger partial charge on any atom is 0.348 e. The molecule has 0 radical (unpaired) electrons. The maximum atomic E-state index is 11.4. The monoisotopic (exact) mass is 349 g/mol. The summed E-state index contributed by atoms with van der Waals surface area (Å²) in [6, 6.07) is 13.2. The molecule has 0 aliphatic carbocycles. The van der Waals surface area contributed by atoms with Gasteiger partial charge in [0.15, 0.2) is 0 Å². The third-order valence-electron chi connectivity index (χ3n) is 3.39. The number of aryl methyl sites for hydroxylation is 1. The Bertz CT molecular complexity index is 614. The number of nitrogens with one attached hydrogen (secondary N) is 1. The molecule has 0 aliphatic heterocycles. The van der Waals surface area contributed by atoms with Crippen molar-refractivity contribution in [1.82, 2.24) is 5.32 Å². The second kappa shape index (κ2) is 10.1. The highest BCUT2D eigenvalue weighted by atomic mass is 32.1. The normalized spacial score (nSPS) is 11.9. The van der Waals surface area contributed by atoms with Crippen molar-refractivity contribution in [3.05, 3.63) is 52.2 Å². The summed E-state index contributed by atoms with van der Waals surface area (Å²) in [5.41, 5.74) is 0. The first-order valence-corrected chi connectivity index (χ1v) is 8.74. The summed E-state index contributed by atoms with van der Waals surface area (Å²) in [5.74, 6) is 0.474. The zero-order valence-electron chi connectivity index (χ0n) is 13.7. The second-order valence-corrected chi connectivity index (χ2v) is 6.51. The van der Waals surface area contributed by atoms with Crippen LogP contribution in [0.5, 0.6) is 5.75 Å². The van der Waals surface area contributed by atoms with E-state index in [0.717, 1.165) is 30.0 Å². The van der Waals surface area contributed by atoms with Crippen LogP contribution >= 0.6 is 11.3 Å². The highest BCUT2D eigenvalue weighted by molar-refractivity contribution is 7.13. The van der Waals surface area contributed by atoms with Gasteiger partial charge >= 0.3 is 5.97 Å². The van der Waals surface area contributed by atoms with E-state index < -0.39 is 6.10 Å². The SMILES string of the molecule is COC(=O)c1ccc(CCCNC[C@H](O)COc2ccccc2)s1. The summed E-state index contributed by atoms with van der Waals surface area (Å²) in [7, 11) is 1.39. The molecular weight excluding hydrogens is 326 g/mol. The van der Waals surface area contributed by atoms with Crippen LogP contribution in [0.3, 0.4) is 0 Å². The van der Waals surface area contributed by atoms with Crippen LogP contribution in [0.2, 0.25) is 0 Å². The molecule has 5 nitrogen and oxygen atoms in total. The van der Waals surface area contributed by atoms with Crippen LogP contribution < -0.4 is 10.1 Å². The zero-order chi connectivity index (χ0) is 17.2. The molecule has 2 N–H and O–H groups in total. The number of carbonyl (C=O) groups excluding carboxylic acids is 1. The molecule has 1 aromatic carbocycles. The smallest absolute Gasteiger partial charge is 0.348 e. The fourth-order valence-corrected chi connectivity index (χ4v) is 3.11. The number of hydrogen-bond acceptors (Lipinski definition) is 6. The van der Waals surface area contributed by atoms with Crippen LogP contribution in [0, 0.1) is 0 Å². The predicted octanol–water partition coefficient (Wildman–Crippen LogP) is 2.50. The first-order valence-electron chi connectivity index (χ1n) is 7.92. The lowest BCUT2D eigenvalue weighted by atomic mass is 10.2. The van der Waals surface area contributed by atoms with E-state index in [-0.39, 0.29) is 12.6 Å². The van der Waals surface area contributed by atoms with Gasteiger partial charge in [0, 0.05) is 11.4 Å². The molecule has 130 valence electrons. The summed E-state index contributed by atoms with van der Waals surface area (Å²) < 4.78 is 10.2. The van der Waals surface area contributed by atoms with Gasteiger partial charge in [-0.2, -0.15) is 0 Å². The molecule has 0 saturated heterocycles. The number of benzene rings is 1. The van der Waals surface area contributed by atoms with E-state index in [1.165, 1.54) is 18.4 Å². The molecule has 6 heteroatoms. The molecule has 0 saturated carbocycles. The lowest BCUT2D eigenvalue weighted by Gasteiger charge is -2.13. The van der Waals surface area contributed by atoms with Gasteiger partial charge in [-0.25, -0.2) is 4.79 Å². The minimum absolute atomic E-state index is 0.268. The van der Waals surface area contributed by atoms with Gasteiger partial charge in [0.05, 0.1) is 7.11 Å². The highest BCUT2D eigenvalue weighted by Gasteiger charge is 2.09. The number of rotatable bonds is 10. The molecule has 1 atom stereocenters. The van der Waals surface area contributed by atoms with Crippen molar-refractivity contribution in [2.75, 3.05) is 26.8 Å². The molecule has 2 rings (SSSR count). The van der Waals surface area contributed by atoms with E-state index in [9.17, 15) is 9.90 Å². The number of thiophene rings is 1. The molecule has 0 aliphatic rings. The minimum atomic E-state index is -0.544. The Labute approximate surface area is 146 Å². The lowest BCUT2D eigenvalue weighted by Crippen LogP contribution is -2.32. The molecular formula is C18H23NO4S. The van der Waals surface area contributed by atoms with Crippen LogP contribution in [0.15, 0.2) is 42.5 Å². The number of aliphatic hydroxyl groups is 1. The number of esters is 1. The van der Waals surface area contributed by atoms with Gasteiger partial charge < -0.3 is 19.9 Å². The molecule has 0 spiro atoms. The van der Waals surface area contributed by atoms with E-state index in [1.54, 1.807) is 6.07 Å². The van der Waals surface area contributed by atoms with Gasteiger partial charge in [-0.05, 0) is 43.7 Å². The summed E-state index contributed by atoms with van der Waals surface area (Å²) in [6.07, 6.45) is 1.29. The molecule has 1 aromatic heterocycles. The fraction of sp³-hybridized carbons (Fsp3) is 0.389. The van der Waals surface area contributed by atoms with Gasteiger partial charge in [0.1, 0.15) is 23.3 Å². The van der Waals surface area contributed by atoms with Crippen molar-refractivity contribution in [1.29, 1.82) is 0 Å². The molecule has 1 heterocycles. The first kappa shape index (κ1) is 18.4. The summed E-state index contributed by atoms with van der Waals surface area (Å²) in [5, 5.41) is 13.1. The van der Waals surface area contributed by atoms with Crippen molar-refractivity contribution >= 4 is 17.3 Å². The van der Waals surface area contributed by atoms with Crippen molar-refractivity contribution in [3.63, 3.8) is 0 Å². The Balaban J connectivity index is 1.56. The van der Waals surface area contributed by atoms with Gasteiger partial charge in [0.25, 0.3) is 0 Å². The average molecular weight is 349 g/mol. The second-order valence-electron chi connectivity index (χ2n) is 5.34. The van der Waals surface area contributed by atoms with E-state index >= 15 is 0 Å². The standard InChI is InChI=1S/C18H23NO4S/c1-22-18(21)17-10-9-16(24-17)8-5-11-19-12-14(20)13-23-15-6-3-2-4-7-15/h2-4,6-7,9-10,14,19-20H,5,8,11-13H2,1H3/t14-/m0/s1. The number of para-hydroxylation sites is 1. The quantitative estimate of drug-likeness (QED) is 0.509. The van der Waals surface area contributed by atoms with Gasteiger partial charge in [0.2, 0.25) is 0 Å². The summed E-state index contributed by atoms with van der Waals surface area (Å²) >= 11 is 1.46. The third-order valence-corrected chi connectivity index (χ3v) is 4.52. The van der Waals surface area contributed by atoms with E-state index in [4.69, 9.17) is 9.47 Å². The van der Waals surface area contributed by atoms with Crippen LogP contribution in [-0.4, -0.2) is 44.0 Å². The molecule has 0 amide bonds. The predicted molar refractivity (Wildman–Crippen MR) is 94.8 cm³/mol. The lowest BCUT2D eigenvalue weighted by molar-refractivity contribution is 0.0606. The van der Waals surface area contributed by atoms with Crippen molar-refractivity contribution in [3.8, 4) is 5.75 Å². The van der Waals surface area contributed by atoms with Crippen LogP contribution in [-0.2, 0) is 11.2 Å². The Hall–Kier alpha value is -1.89. The summed E-state index contributed by atoms with van der Waals surface area (Å²) in [6.45, 7) is 1.56. The highest BCUT2D eigenvalue weighted by Crippen LogP contribution is 2.18. The number of hydrogen-bond donors (Lipinski definition) is 2. The third kappa shape index (κ3) is 6.31. The van der Waals surface area contributed by atoms with E-state index in [0.29, 0.717) is 11.4 Å². The van der Waals surface area contributed by atoms with Crippen LogP contribution in [0.4, 0.5) is 0 Å².